The molecule has 1 N–H and O–H groups in total. The van der Waals surface area contributed by atoms with Crippen molar-refractivity contribution < 1.29 is 13.9 Å². The number of nitrogens with one attached hydrogen (secondary N) is 1. The van der Waals surface area contributed by atoms with E-state index < -0.39 is 0 Å². The molecule has 0 unspecified atom stereocenters. The lowest BCUT2D eigenvalue weighted by molar-refractivity contribution is -0.133. The molecule has 134 valence electrons. The highest BCUT2D eigenvalue weighted by atomic mass is 32.1. The van der Waals surface area contributed by atoms with Crippen LogP contribution < -0.4 is 0 Å². The number of halogens is 1. The lowest BCUT2D eigenvalue weighted by Gasteiger charge is -2.32. The molecule has 4 nitrogen and oxygen atoms in total. The van der Waals surface area contributed by atoms with Crippen LogP contribution in [-0.4, -0.2) is 35.0 Å². The number of aromatic amines is 1. The molecule has 0 atom stereocenters. The SMILES string of the molecule is Cc1[nH]c(=S)sc1CC(=O)N1CCC(OCc2ccc(F)cc2)CC1. The summed E-state index contributed by atoms with van der Waals surface area (Å²) in [5.74, 6) is -0.0948. The molecular formula is C18H21FN2O2S2. The molecule has 0 aliphatic carbocycles. The molecule has 7 heteroatoms. The molecule has 1 saturated heterocycles. The fraction of sp³-hybridized carbons (Fsp3) is 0.444. The summed E-state index contributed by atoms with van der Waals surface area (Å²) in [6, 6.07) is 6.36. The Morgan fingerprint density at radius 3 is 2.64 bits per heavy atom. The van der Waals surface area contributed by atoms with Crippen molar-refractivity contribution in [1.29, 1.82) is 0 Å². The number of H-pyrrole nitrogens is 1. The van der Waals surface area contributed by atoms with Gasteiger partial charge in [0.25, 0.3) is 0 Å². The molecule has 2 aromatic rings. The molecule has 0 saturated carbocycles. The number of carbonyl (C=O) groups excluding carboxylic acids is 1. The number of benzene rings is 1. The summed E-state index contributed by atoms with van der Waals surface area (Å²) in [5, 5.41) is 0. The predicted molar refractivity (Wildman–Crippen MR) is 98.7 cm³/mol. The smallest absolute Gasteiger partial charge is 0.227 e. The quantitative estimate of drug-likeness (QED) is 0.798. The Bertz CT molecular complexity index is 777. The third-order valence-corrected chi connectivity index (χ3v) is 5.77. The van der Waals surface area contributed by atoms with Crippen molar-refractivity contribution in [2.24, 2.45) is 0 Å². The number of aromatic nitrogens is 1. The number of carbonyl (C=O) groups is 1. The lowest BCUT2D eigenvalue weighted by Crippen LogP contribution is -2.41. The summed E-state index contributed by atoms with van der Waals surface area (Å²) in [6.45, 7) is 3.85. The van der Waals surface area contributed by atoms with Gasteiger partial charge < -0.3 is 14.6 Å². The van der Waals surface area contributed by atoms with Crippen molar-refractivity contribution in [2.75, 3.05) is 13.1 Å². The molecule has 3 rings (SSSR count). The minimum absolute atomic E-state index is 0.144. The minimum Gasteiger partial charge on any atom is -0.373 e. The Labute approximate surface area is 155 Å². The van der Waals surface area contributed by atoms with E-state index in [0.29, 0.717) is 30.1 Å². The second-order valence-electron chi connectivity index (χ2n) is 6.26. The predicted octanol–water partition coefficient (Wildman–Crippen LogP) is 4.00. The summed E-state index contributed by atoms with van der Waals surface area (Å²) in [5.41, 5.74) is 1.95. The number of ether oxygens (including phenoxy) is 1. The van der Waals surface area contributed by atoms with Crippen LogP contribution in [0.2, 0.25) is 0 Å². The fourth-order valence-corrected chi connectivity index (χ4v) is 4.20. The van der Waals surface area contributed by atoms with Crippen LogP contribution in [0.3, 0.4) is 0 Å². The number of hydrogen-bond donors (Lipinski definition) is 1. The average Bonchev–Trinajstić information content (AvgIpc) is 2.92. The maximum Gasteiger partial charge on any atom is 0.227 e. The molecule has 1 aliphatic heterocycles. The number of piperidine rings is 1. The van der Waals surface area contributed by atoms with E-state index in [4.69, 9.17) is 17.0 Å². The van der Waals surface area contributed by atoms with Gasteiger partial charge in [0.05, 0.1) is 19.1 Å². The Morgan fingerprint density at radius 1 is 1.36 bits per heavy atom. The molecule has 1 amide bonds. The standard InChI is InChI=1S/C18H21FN2O2S2/c1-12-16(25-18(24)20-12)10-17(22)21-8-6-15(7-9-21)23-11-13-2-4-14(19)5-3-13/h2-5,15H,6-11H2,1H3,(H,20,24). The summed E-state index contributed by atoms with van der Waals surface area (Å²) in [6.07, 6.45) is 2.21. The van der Waals surface area contributed by atoms with E-state index in [2.05, 4.69) is 4.98 Å². The summed E-state index contributed by atoms with van der Waals surface area (Å²) < 4.78 is 19.5. The highest BCUT2D eigenvalue weighted by molar-refractivity contribution is 7.73. The van der Waals surface area contributed by atoms with E-state index in [0.717, 1.165) is 29.0 Å². The number of likely N-dealkylation sites (tertiary alicyclic amines) is 1. The Morgan fingerprint density at radius 2 is 2.04 bits per heavy atom. The van der Waals surface area contributed by atoms with Gasteiger partial charge in [-0.05, 0) is 49.7 Å². The molecule has 2 heterocycles. The topological polar surface area (TPSA) is 45.3 Å². The monoisotopic (exact) mass is 380 g/mol. The summed E-state index contributed by atoms with van der Waals surface area (Å²) >= 11 is 6.60. The Kier molecular flexibility index (Phi) is 5.98. The average molecular weight is 381 g/mol. The minimum atomic E-state index is -0.239. The van der Waals surface area contributed by atoms with Crippen molar-refractivity contribution >= 4 is 29.5 Å². The van der Waals surface area contributed by atoms with Gasteiger partial charge in [-0.2, -0.15) is 0 Å². The molecule has 1 fully saturated rings. The highest BCUT2D eigenvalue weighted by Crippen LogP contribution is 2.20. The zero-order valence-corrected chi connectivity index (χ0v) is 15.7. The van der Waals surface area contributed by atoms with Gasteiger partial charge in [-0.1, -0.05) is 12.1 Å². The molecule has 25 heavy (non-hydrogen) atoms. The second kappa shape index (κ2) is 8.21. The van der Waals surface area contributed by atoms with Gasteiger partial charge in [-0.3, -0.25) is 4.79 Å². The first-order valence-electron chi connectivity index (χ1n) is 8.33. The maximum absolute atomic E-state index is 12.9. The number of nitrogens with zero attached hydrogens (tertiary/aromatic N) is 1. The van der Waals surface area contributed by atoms with Gasteiger partial charge in [-0.15, -0.1) is 11.3 Å². The van der Waals surface area contributed by atoms with Crippen LogP contribution in [0.15, 0.2) is 24.3 Å². The Hall–Kier alpha value is -1.57. The van der Waals surface area contributed by atoms with Crippen LogP contribution >= 0.6 is 23.6 Å². The van der Waals surface area contributed by atoms with Crippen LogP contribution in [0.25, 0.3) is 0 Å². The summed E-state index contributed by atoms with van der Waals surface area (Å²) in [7, 11) is 0. The van der Waals surface area contributed by atoms with E-state index in [1.165, 1.54) is 23.5 Å². The van der Waals surface area contributed by atoms with Crippen LogP contribution in [0.1, 0.15) is 29.0 Å². The second-order valence-corrected chi connectivity index (χ2v) is 8.03. The molecule has 0 radical (unpaired) electrons. The van der Waals surface area contributed by atoms with Gasteiger partial charge >= 0.3 is 0 Å². The molecule has 0 bridgehead atoms. The fourth-order valence-electron chi connectivity index (χ4n) is 2.92. The zero-order chi connectivity index (χ0) is 17.8. The highest BCUT2D eigenvalue weighted by Gasteiger charge is 2.24. The molecule has 0 spiro atoms. The molecule has 1 aromatic carbocycles. The normalized spacial score (nSPS) is 15.5. The number of aryl methyl sites for hydroxylation is 1. The summed E-state index contributed by atoms with van der Waals surface area (Å²) in [4.78, 5) is 18.5. The third-order valence-electron chi connectivity index (χ3n) is 4.43. The maximum atomic E-state index is 12.9. The van der Waals surface area contributed by atoms with Gasteiger partial charge in [0.15, 0.2) is 3.95 Å². The molecule has 1 aromatic heterocycles. The lowest BCUT2D eigenvalue weighted by atomic mass is 10.1. The van der Waals surface area contributed by atoms with Crippen molar-refractivity contribution in [2.45, 2.75) is 38.9 Å². The van der Waals surface area contributed by atoms with Crippen LogP contribution in [0, 0.1) is 16.7 Å². The largest absolute Gasteiger partial charge is 0.373 e. The molecular weight excluding hydrogens is 359 g/mol. The number of amides is 1. The number of hydrogen-bond acceptors (Lipinski definition) is 4. The van der Waals surface area contributed by atoms with Gasteiger partial charge in [0, 0.05) is 23.7 Å². The first-order valence-corrected chi connectivity index (χ1v) is 9.56. The van der Waals surface area contributed by atoms with E-state index in [1.807, 2.05) is 11.8 Å². The van der Waals surface area contributed by atoms with E-state index in [9.17, 15) is 9.18 Å². The van der Waals surface area contributed by atoms with Crippen molar-refractivity contribution in [3.63, 3.8) is 0 Å². The zero-order valence-electron chi connectivity index (χ0n) is 14.1. The van der Waals surface area contributed by atoms with Crippen LogP contribution in [-0.2, 0) is 22.6 Å². The van der Waals surface area contributed by atoms with E-state index in [-0.39, 0.29) is 17.8 Å². The van der Waals surface area contributed by atoms with E-state index >= 15 is 0 Å². The van der Waals surface area contributed by atoms with Crippen LogP contribution in [0.5, 0.6) is 0 Å². The van der Waals surface area contributed by atoms with Gasteiger partial charge in [0.2, 0.25) is 5.91 Å². The van der Waals surface area contributed by atoms with Gasteiger partial charge in [0.1, 0.15) is 5.82 Å². The number of rotatable bonds is 5. The van der Waals surface area contributed by atoms with Crippen molar-refractivity contribution in [3.8, 4) is 0 Å². The molecule has 1 aliphatic rings. The van der Waals surface area contributed by atoms with Crippen molar-refractivity contribution in [3.05, 3.63) is 50.2 Å². The van der Waals surface area contributed by atoms with Crippen molar-refractivity contribution in [1.82, 2.24) is 9.88 Å². The Balaban J connectivity index is 1.45. The first kappa shape index (κ1) is 18.2. The number of thiazole rings is 1. The first-order chi connectivity index (χ1) is 12.0. The van der Waals surface area contributed by atoms with E-state index in [1.54, 1.807) is 12.1 Å². The van der Waals surface area contributed by atoms with Crippen LogP contribution in [0.4, 0.5) is 4.39 Å². The third kappa shape index (κ3) is 4.96. The van der Waals surface area contributed by atoms with Gasteiger partial charge in [-0.25, -0.2) is 4.39 Å².